The second-order valence-corrected chi connectivity index (χ2v) is 8.87. The number of ether oxygens (including phenoxy) is 1. The Kier molecular flexibility index (Phi) is 7.01. The number of halogens is 3. The molecule has 0 radical (unpaired) electrons. The quantitative estimate of drug-likeness (QED) is 0.677. The van der Waals surface area contributed by atoms with Crippen LogP contribution in [0.1, 0.15) is 18.4 Å². The van der Waals surface area contributed by atoms with Crippen molar-refractivity contribution in [2.24, 2.45) is 0 Å². The molecule has 0 bridgehead atoms. The van der Waals surface area contributed by atoms with Crippen molar-refractivity contribution in [3.63, 3.8) is 0 Å². The molecule has 0 saturated carbocycles. The molecule has 31 heavy (non-hydrogen) atoms. The number of hydrogen-bond acceptors (Lipinski definition) is 4. The van der Waals surface area contributed by atoms with E-state index in [9.17, 15) is 26.4 Å². The number of rotatable bonds is 6. The van der Waals surface area contributed by atoms with E-state index in [0.29, 0.717) is 19.4 Å². The van der Waals surface area contributed by atoms with Gasteiger partial charge in [-0.2, -0.15) is 4.31 Å². The highest BCUT2D eigenvalue weighted by molar-refractivity contribution is 7.89. The number of hydrogen-bond donors (Lipinski definition) is 1. The third kappa shape index (κ3) is 6.56. The number of carbonyl (C=O) groups is 1. The Balaban J connectivity index is 1.55. The van der Waals surface area contributed by atoms with E-state index in [1.54, 1.807) is 0 Å². The third-order valence-corrected chi connectivity index (χ3v) is 6.62. The Labute approximate surface area is 178 Å². The molecule has 0 aromatic heterocycles. The summed E-state index contributed by atoms with van der Waals surface area (Å²) in [5.41, 5.74) is 1.81. The van der Waals surface area contributed by atoms with Crippen LogP contribution >= 0.6 is 0 Å². The minimum Gasteiger partial charge on any atom is -0.406 e. The smallest absolute Gasteiger partial charge is 0.406 e. The van der Waals surface area contributed by atoms with Gasteiger partial charge >= 0.3 is 6.36 Å². The summed E-state index contributed by atoms with van der Waals surface area (Å²) in [4.78, 5) is 12.0. The van der Waals surface area contributed by atoms with Crippen molar-refractivity contribution in [3.05, 3.63) is 71.8 Å². The molecule has 0 atom stereocenters. The number of amides is 1. The van der Waals surface area contributed by atoms with Crippen LogP contribution in [0.15, 0.2) is 71.1 Å². The summed E-state index contributed by atoms with van der Waals surface area (Å²) in [6.45, 7) is 0.764. The maximum atomic E-state index is 12.7. The Hall–Kier alpha value is -2.85. The number of nitrogens with zero attached hydrogens (tertiary/aromatic N) is 1. The van der Waals surface area contributed by atoms with Gasteiger partial charge in [0, 0.05) is 25.7 Å². The molecule has 10 heteroatoms. The van der Waals surface area contributed by atoms with Crippen LogP contribution in [0, 0.1) is 0 Å². The Morgan fingerprint density at radius 1 is 1.03 bits per heavy atom. The first-order valence-corrected chi connectivity index (χ1v) is 10.9. The number of benzene rings is 2. The number of carbonyl (C=O) groups excluding carboxylic acids is 1. The van der Waals surface area contributed by atoms with Gasteiger partial charge in [-0.15, -0.1) is 13.2 Å². The predicted octanol–water partition coefficient (Wildman–Crippen LogP) is 3.61. The van der Waals surface area contributed by atoms with Crippen LogP contribution in [0.2, 0.25) is 0 Å². The molecule has 0 spiro atoms. The van der Waals surface area contributed by atoms with Crippen LogP contribution in [0.3, 0.4) is 0 Å². The van der Waals surface area contributed by atoms with E-state index in [1.165, 1.54) is 10.4 Å². The van der Waals surface area contributed by atoms with E-state index < -0.39 is 22.1 Å². The monoisotopic (exact) mass is 454 g/mol. The van der Waals surface area contributed by atoms with E-state index >= 15 is 0 Å². The van der Waals surface area contributed by atoms with Gasteiger partial charge in [-0.05, 0) is 42.7 Å². The first-order valence-electron chi connectivity index (χ1n) is 9.51. The fourth-order valence-electron chi connectivity index (χ4n) is 3.14. The molecule has 0 aliphatic carbocycles. The van der Waals surface area contributed by atoms with Crippen molar-refractivity contribution in [2.45, 2.75) is 30.6 Å². The van der Waals surface area contributed by atoms with Gasteiger partial charge in [0.2, 0.25) is 15.9 Å². The molecular formula is C21H21F3N2O4S. The summed E-state index contributed by atoms with van der Waals surface area (Å²) in [5.74, 6) is -0.729. The zero-order valence-corrected chi connectivity index (χ0v) is 17.2. The van der Waals surface area contributed by atoms with Crippen LogP contribution in [-0.4, -0.2) is 38.1 Å². The van der Waals surface area contributed by atoms with Crippen molar-refractivity contribution < 1.29 is 31.1 Å². The van der Waals surface area contributed by atoms with Gasteiger partial charge in [-0.3, -0.25) is 4.79 Å². The van der Waals surface area contributed by atoms with Gasteiger partial charge in [0.05, 0.1) is 4.90 Å². The van der Waals surface area contributed by atoms with Gasteiger partial charge < -0.3 is 10.1 Å². The van der Waals surface area contributed by atoms with Crippen molar-refractivity contribution >= 4 is 15.9 Å². The highest BCUT2D eigenvalue weighted by Crippen LogP contribution is 2.27. The zero-order chi connectivity index (χ0) is 22.5. The van der Waals surface area contributed by atoms with Crippen molar-refractivity contribution in [3.8, 4) is 5.75 Å². The zero-order valence-electron chi connectivity index (χ0n) is 16.4. The average Bonchev–Trinajstić information content (AvgIpc) is 2.73. The minimum absolute atomic E-state index is 0.116. The molecule has 2 aromatic rings. The summed E-state index contributed by atoms with van der Waals surface area (Å²) in [6, 6.07) is 13.5. The fourth-order valence-corrected chi connectivity index (χ4v) is 4.58. The molecule has 0 unspecified atom stereocenters. The lowest BCUT2D eigenvalue weighted by atomic mass is 10.1. The Morgan fingerprint density at radius 3 is 2.23 bits per heavy atom. The van der Waals surface area contributed by atoms with E-state index in [0.717, 1.165) is 35.4 Å². The number of piperidine rings is 1. The lowest BCUT2D eigenvalue weighted by Gasteiger charge is -2.27. The van der Waals surface area contributed by atoms with Crippen molar-refractivity contribution in [1.29, 1.82) is 0 Å². The third-order valence-electron chi connectivity index (χ3n) is 4.70. The van der Waals surface area contributed by atoms with E-state index in [2.05, 4.69) is 10.1 Å². The van der Waals surface area contributed by atoms with Crippen molar-refractivity contribution in [1.82, 2.24) is 9.62 Å². The normalized spacial score (nSPS) is 15.4. The molecule has 2 aromatic carbocycles. The summed E-state index contributed by atoms with van der Waals surface area (Å²) in [6.07, 6.45) is -2.56. The standard InChI is InChI=1S/C21H21F3N2O4S/c22-21(23,24)30-18-6-8-19(9-7-18)31(28,29)26-12-10-16(11-13-26)14-20(27)25-15-17-4-2-1-3-5-17/h1-9,14H,10-13,15H2,(H,25,27). The van der Waals surface area contributed by atoms with E-state index in [-0.39, 0.29) is 23.9 Å². The minimum atomic E-state index is -4.84. The SMILES string of the molecule is O=C(C=C1CCN(S(=O)(=O)c2ccc(OC(F)(F)F)cc2)CC1)NCc1ccccc1. The maximum absolute atomic E-state index is 12.7. The molecule has 1 aliphatic heterocycles. The van der Waals surface area contributed by atoms with Crippen LogP contribution in [0.25, 0.3) is 0 Å². The number of alkyl halides is 3. The van der Waals surface area contributed by atoms with Gasteiger partial charge in [-0.1, -0.05) is 35.9 Å². The van der Waals surface area contributed by atoms with E-state index in [1.807, 2.05) is 30.3 Å². The number of sulfonamides is 1. The van der Waals surface area contributed by atoms with Crippen molar-refractivity contribution in [2.75, 3.05) is 13.1 Å². The van der Waals surface area contributed by atoms with Gasteiger partial charge in [0.1, 0.15) is 5.75 Å². The molecule has 3 rings (SSSR count). The largest absolute Gasteiger partial charge is 0.573 e. The number of nitrogens with one attached hydrogen (secondary N) is 1. The molecule has 1 N–H and O–H groups in total. The highest BCUT2D eigenvalue weighted by Gasteiger charge is 2.32. The van der Waals surface area contributed by atoms with Gasteiger partial charge in [0.15, 0.2) is 0 Å². The molecular weight excluding hydrogens is 433 g/mol. The maximum Gasteiger partial charge on any atom is 0.573 e. The Morgan fingerprint density at radius 2 is 1.65 bits per heavy atom. The van der Waals surface area contributed by atoms with Crippen LogP contribution < -0.4 is 10.1 Å². The predicted molar refractivity (Wildman–Crippen MR) is 107 cm³/mol. The molecule has 1 saturated heterocycles. The highest BCUT2D eigenvalue weighted by atomic mass is 32.2. The second-order valence-electron chi connectivity index (χ2n) is 6.93. The average molecular weight is 454 g/mol. The van der Waals surface area contributed by atoms with Crippen LogP contribution in [0.5, 0.6) is 5.75 Å². The summed E-state index contributed by atoms with van der Waals surface area (Å²) in [7, 11) is -3.85. The first-order chi connectivity index (χ1) is 14.6. The topological polar surface area (TPSA) is 75.7 Å². The van der Waals surface area contributed by atoms with E-state index in [4.69, 9.17) is 0 Å². The van der Waals surface area contributed by atoms with Crippen LogP contribution in [0.4, 0.5) is 13.2 Å². The van der Waals surface area contributed by atoms with Gasteiger partial charge in [0.25, 0.3) is 0 Å². The molecule has 1 fully saturated rings. The van der Waals surface area contributed by atoms with Crippen LogP contribution in [-0.2, 0) is 21.4 Å². The lowest BCUT2D eigenvalue weighted by molar-refractivity contribution is -0.274. The molecule has 1 amide bonds. The molecule has 166 valence electrons. The molecule has 6 nitrogen and oxygen atoms in total. The fraction of sp³-hybridized carbons (Fsp3) is 0.286. The molecule has 1 heterocycles. The first kappa shape index (κ1) is 22.8. The molecule has 1 aliphatic rings. The Bertz CT molecular complexity index is 1030. The lowest BCUT2D eigenvalue weighted by Crippen LogP contribution is -2.36. The summed E-state index contributed by atoms with van der Waals surface area (Å²) >= 11 is 0. The summed E-state index contributed by atoms with van der Waals surface area (Å²) in [5, 5.41) is 2.80. The van der Waals surface area contributed by atoms with Gasteiger partial charge in [-0.25, -0.2) is 8.42 Å². The second kappa shape index (κ2) is 9.52. The summed E-state index contributed by atoms with van der Waals surface area (Å²) < 4.78 is 67.2.